The molecule has 1 heterocycles. The van der Waals surface area contributed by atoms with Gasteiger partial charge in [0.15, 0.2) is 5.13 Å². The zero-order chi connectivity index (χ0) is 19.4. The van der Waals surface area contributed by atoms with E-state index in [1.165, 1.54) is 11.3 Å². The van der Waals surface area contributed by atoms with E-state index in [2.05, 4.69) is 23.7 Å². The maximum atomic E-state index is 13.3. The fourth-order valence-corrected chi connectivity index (χ4v) is 4.33. The fraction of sp³-hybridized carbons (Fsp3) is 0.300. The van der Waals surface area contributed by atoms with Crippen LogP contribution in [0.4, 0.5) is 5.13 Å². The zero-order valence-corrected chi connectivity index (χ0v) is 18.8. The molecule has 0 radical (unpaired) electrons. The monoisotopic (exact) mass is 457 g/mol. The van der Waals surface area contributed by atoms with Gasteiger partial charge in [0.1, 0.15) is 0 Å². The van der Waals surface area contributed by atoms with Crippen molar-refractivity contribution in [2.24, 2.45) is 0 Å². The Morgan fingerprint density at radius 3 is 2.43 bits per heavy atom. The van der Waals surface area contributed by atoms with Crippen LogP contribution < -0.4 is 4.90 Å². The number of aromatic nitrogens is 1. The molecule has 3 aromatic rings. The largest absolute Gasteiger partial charge is 0.302 e. The Kier molecular flexibility index (Phi) is 8.53. The standard InChI is InChI=1S/C20H21Cl2N3OS.ClH/c1-3-24(4-2)11-12-25(19(26)15-10-9-14(21)13-16(15)22)20-23-17-7-5-6-8-18(17)27-20;/h5-10,13H,3-4,11-12H2,1-2H3;1H. The van der Waals surface area contributed by atoms with Gasteiger partial charge in [-0.3, -0.25) is 9.69 Å². The third kappa shape index (κ3) is 5.16. The Hall–Kier alpha value is -1.37. The molecule has 8 heteroatoms. The van der Waals surface area contributed by atoms with E-state index in [-0.39, 0.29) is 18.3 Å². The number of amides is 1. The van der Waals surface area contributed by atoms with E-state index >= 15 is 0 Å². The van der Waals surface area contributed by atoms with E-state index in [0.29, 0.717) is 27.3 Å². The molecule has 0 saturated heterocycles. The van der Waals surface area contributed by atoms with Gasteiger partial charge in [-0.1, -0.05) is 60.5 Å². The molecule has 0 bridgehead atoms. The predicted molar refractivity (Wildman–Crippen MR) is 123 cm³/mol. The first-order valence-corrected chi connectivity index (χ1v) is 10.5. The van der Waals surface area contributed by atoms with E-state index in [1.54, 1.807) is 23.1 Å². The number of benzene rings is 2. The van der Waals surface area contributed by atoms with Crippen molar-refractivity contribution in [3.63, 3.8) is 0 Å². The lowest BCUT2D eigenvalue weighted by atomic mass is 10.2. The van der Waals surface area contributed by atoms with Crippen molar-refractivity contribution in [2.75, 3.05) is 31.1 Å². The van der Waals surface area contributed by atoms with Gasteiger partial charge in [0.2, 0.25) is 0 Å². The molecule has 3 rings (SSSR count). The van der Waals surface area contributed by atoms with Gasteiger partial charge in [0.05, 0.1) is 20.8 Å². The molecule has 0 unspecified atom stereocenters. The highest BCUT2D eigenvalue weighted by molar-refractivity contribution is 7.22. The highest BCUT2D eigenvalue weighted by Crippen LogP contribution is 2.31. The molecule has 0 aliphatic rings. The molecule has 150 valence electrons. The number of carbonyl (C=O) groups excluding carboxylic acids is 1. The number of carbonyl (C=O) groups is 1. The second kappa shape index (κ2) is 10.4. The van der Waals surface area contributed by atoms with Gasteiger partial charge >= 0.3 is 0 Å². The Bertz CT molecular complexity index is 910. The summed E-state index contributed by atoms with van der Waals surface area (Å²) in [7, 11) is 0. The van der Waals surface area contributed by atoms with Gasteiger partial charge in [0, 0.05) is 18.1 Å². The van der Waals surface area contributed by atoms with Crippen LogP contribution in [0.25, 0.3) is 10.2 Å². The summed E-state index contributed by atoms with van der Waals surface area (Å²) in [5, 5.41) is 1.53. The van der Waals surface area contributed by atoms with E-state index < -0.39 is 0 Å². The van der Waals surface area contributed by atoms with Crippen molar-refractivity contribution in [1.29, 1.82) is 0 Å². The lowest BCUT2D eigenvalue weighted by molar-refractivity contribution is 0.0984. The van der Waals surface area contributed by atoms with Crippen LogP contribution in [0, 0.1) is 0 Å². The molecule has 0 saturated carbocycles. The Balaban J connectivity index is 0.00000280. The molecule has 0 N–H and O–H groups in total. The molecule has 0 fully saturated rings. The lowest BCUT2D eigenvalue weighted by Gasteiger charge is -2.25. The number of nitrogens with zero attached hydrogens (tertiary/aromatic N) is 3. The fourth-order valence-electron chi connectivity index (χ4n) is 2.85. The van der Waals surface area contributed by atoms with E-state index in [1.807, 2.05) is 24.3 Å². The molecule has 0 aliphatic carbocycles. The first kappa shape index (κ1) is 22.9. The number of anilines is 1. The summed E-state index contributed by atoms with van der Waals surface area (Å²) in [5.74, 6) is -0.164. The minimum absolute atomic E-state index is 0. The number of fused-ring (bicyclic) bond motifs is 1. The van der Waals surface area contributed by atoms with Crippen molar-refractivity contribution in [1.82, 2.24) is 9.88 Å². The Labute approximate surface area is 185 Å². The minimum atomic E-state index is -0.164. The van der Waals surface area contributed by atoms with Gasteiger partial charge in [-0.25, -0.2) is 4.98 Å². The van der Waals surface area contributed by atoms with Crippen LogP contribution in [0.5, 0.6) is 0 Å². The molecule has 0 spiro atoms. The van der Waals surface area contributed by atoms with Crippen LogP contribution in [-0.2, 0) is 0 Å². The van der Waals surface area contributed by atoms with Crippen molar-refractivity contribution < 1.29 is 4.79 Å². The van der Waals surface area contributed by atoms with Gasteiger partial charge in [-0.15, -0.1) is 12.4 Å². The summed E-state index contributed by atoms with van der Waals surface area (Å²) in [5.41, 5.74) is 1.32. The smallest absolute Gasteiger partial charge is 0.261 e. The third-order valence-electron chi connectivity index (χ3n) is 4.45. The van der Waals surface area contributed by atoms with E-state index in [0.717, 1.165) is 29.9 Å². The quantitative estimate of drug-likeness (QED) is 0.435. The summed E-state index contributed by atoms with van der Waals surface area (Å²) in [6.45, 7) is 7.39. The molecule has 28 heavy (non-hydrogen) atoms. The molecular formula is C20H22Cl3N3OS. The predicted octanol–water partition coefficient (Wildman–Crippen LogP) is 6.01. The van der Waals surface area contributed by atoms with Gasteiger partial charge in [-0.2, -0.15) is 0 Å². The molecule has 0 atom stereocenters. The minimum Gasteiger partial charge on any atom is -0.302 e. The number of halogens is 3. The molecule has 0 aliphatic heterocycles. The third-order valence-corrected chi connectivity index (χ3v) is 6.06. The first-order valence-electron chi connectivity index (χ1n) is 8.88. The average Bonchev–Trinajstić information content (AvgIpc) is 3.08. The van der Waals surface area contributed by atoms with Crippen LogP contribution in [0.2, 0.25) is 10.0 Å². The second-order valence-corrected chi connectivity index (χ2v) is 7.92. The zero-order valence-electron chi connectivity index (χ0n) is 15.7. The van der Waals surface area contributed by atoms with Gasteiger partial charge < -0.3 is 4.90 Å². The molecular weight excluding hydrogens is 437 g/mol. The second-order valence-electron chi connectivity index (χ2n) is 6.07. The highest BCUT2D eigenvalue weighted by Gasteiger charge is 2.23. The number of para-hydroxylation sites is 1. The Morgan fingerprint density at radius 1 is 1.07 bits per heavy atom. The highest BCUT2D eigenvalue weighted by atomic mass is 35.5. The molecule has 1 aromatic heterocycles. The van der Waals surface area contributed by atoms with Crippen LogP contribution in [-0.4, -0.2) is 42.0 Å². The molecule has 4 nitrogen and oxygen atoms in total. The maximum absolute atomic E-state index is 13.3. The summed E-state index contributed by atoms with van der Waals surface area (Å²) in [6.07, 6.45) is 0. The summed E-state index contributed by atoms with van der Waals surface area (Å²) < 4.78 is 1.05. The number of hydrogen-bond acceptors (Lipinski definition) is 4. The summed E-state index contributed by atoms with van der Waals surface area (Å²) in [4.78, 5) is 22.0. The van der Waals surface area contributed by atoms with Crippen molar-refractivity contribution >= 4 is 68.2 Å². The van der Waals surface area contributed by atoms with Crippen molar-refractivity contribution in [3.05, 3.63) is 58.1 Å². The van der Waals surface area contributed by atoms with Crippen LogP contribution >= 0.6 is 46.9 Å². The first-order chi connectivity index (χ1) is 13.0. The van der Waals surface area contributed by atoms with Crippen LogP contribution in [0.15, 0.2) is 42.5 Å². The van der Waals surface area contributed by atoms with Gasteiger partial charge in [0.25, 0.3) is 5.91 Å². The van der Waals surface area contributed by atoms with Crippen LogP contribution in [0.1, 0.15) is 24.2 Å². The topological polar surface area (TPSA) is 36.4 Å². The number of likely N-dealkylation sites (N-methyl/N-ethyl adjacent to an activating group) is 1. The number of rotatable bonds is 7. The molecule has 1 amide bonds. The van der Waals surface area contributed by atoms with Crippen molar-refractivity contribution in [3.8, 4) is 0 Å². The number of hydrogen-bond donors (Lipinski definition) is 0. The normalized spacial score (nSPS) is 10.9. The maximum Gasteiger partial charge on any atom is 0.261 e. The van der Waals surface area contributed by atoms with Gasteiger partial charge in [-0.05, 0) is 43.4 Å². The summed E-state index contributed by atoms with van der Waals surface area (Å²) in [6, 6.07) is 12.8. The Morgan fingerprint density at radius 2 is 1.79 bits per heavy atom. The molecule has 2 aromatic carbocycles. The SMILES string of the molecule is CCN(CC)CCN(C(=O)c1ccc(Cl)cc1Cl)c1nc2ccccc2s1.Cl. The lowest BCUT2D eigenvalue weighted by Crippen LogP contribution is -2.39. The summed E-state index contributed by atoms with van der Waals surface area (Å²) >= 11 is 13.8. The van der Waals surface area contributed by atoms with Crippen LogP contribution in [0.3, 0.4) is 0 Å². The average molecular weight is 459 g/mol. The van der Waals surface area contributed by atoms with Crippen molar-refractivity contribution in [2.45, 2.75) is 13.8 Å². The number of thiazole rings is 1. The van der Waals surface area contributed by atoms with E-state index in [9.17, 15) is 4.79 Å². The van der Waals surface area contributed by atoms with E-state index in [4.69, 9.17) is 23.2 Å².